The molecule has 0 amide bonds. The molecule has 0 heterocycles. The summed E-state index contributed by atoms with van der Waals surface area (Å²) >= 11 is 0. The van der Waals surface area contributed by atoms with E-state index in [0.717, 1.165) is 0 Å². The molecule has 0 saturated heterocycles. The second kappa shape index (κ2) is 188. The van der Waals surface area contributed by atoms with Crippen LogP contribution in [-0.2, 0) is 654 Å². The first-order valence-electron chi connectivity index (χ1n) is 1.00. The van der Waals surface area contributed by atoms with Crippen LogP contribution < -0.4 is 5.32 Å². The van der Waals surface area contributed by atoms with Gasteiger partial charge >= 0.3 is 0 Å². The van der Waals surface area contributed by atoms with Gasteiger partial charge in [-0.25, -0.2) is 0 Å². The van der Waals surface area contributed by atoms with Gasteiger partial charge in [-0.1, -0.05) is 0 Å². The zero-order chi connectivity index (χ0) is 2.71. The van der Waals surface area contributed by atoms with Crippen molar-refractivity contribution in [2.75, 3.05) is 14.1 Å². The molecule has 20 radical (unpaired) electrons. The van der Waals surface area contributed by atoms with Gasteiger partial charge in [-0.3, -0.25) is 4.70 Å². The topological polar surface area (TPSA) is 12.0 Å². The molecule has 0 spiro atoms. The summed E-state index contributed by atoms with van der Waals surface area (Å²) in [4.78, 5) is 0. The van der Waals surface area contributed by atoms with E-state index in [1.807, 2.05) is 14.1 Å². The molecule has 0 aromatic rings. The zero-order valence-electron chi connectivity index (χ0n) is 16.5. The van der Waals surface area contributed by atoms with Crippen LogP contribution >= 0.6 is 0 Å². The molecule has 1 N–H and O–H groups in total. The Morgan fingerprint density at radius 1 is 0.269 bits per heavy atom. The molecule has 0 aromatic heterocycles. The number of hydrogen-bond acceptors (Lipinski definition) is 1. The third-order valence-electron chi connectivity index (χ3n) is 0. The van der Waals surface area contributed by atoms with E-state index in [9.17, 15) is 0 Å². The fraction of sp³-hybridized carbons (Fsp3) is 0.500. The summed E-state index contributed by atoms with van der Waals surface area (Å²) in [7, 11) is 3.75. The first-order valence-corrected chi connectivity index (χ1v) is 1.00. The molecule has 0 aromatic carbocycles. The molecule has 0 aliphatic carbocycles. The Bertz CT molecular complexity index is 27.8. The van der Waals surface area contributed by atoms with Crippen LogP contribution in [0, 0.1) is 14.9 Å². The number of halogens is 1. The molecule has 0 aliphatic heterocycles. The van der Waals surface area contributed by atoms with Crippen molar-refractivity contribution >= 4 is 0 Å². The van der Waals surface area contributed by atoms with Crippen LogP contribution in [0.5, 0.6) is 0 Å². The Hall–Kier alpha value is 22.0. The average molecular weight is 1870 g/mol. The molecular weight excluding hydrogens is 1860 g/mol. The van der Waals surface area contributed by atoms with Crippen LogP contribution in [-0.4, -0.2) is 14.1 Å². The van der Waals surface area contributed by atoms with Crippen molar-refractivity contribution in [2.45, 2.75) is 0 Å². The fourth-order valence-electron chi connectivity index (χ4n) is 0. The van der Waals surface area contributed by atoms with E-state index in [0.29, 0.717) is 0 Å². The van der Waals surface area contributed by atoms with Gasteiger partial charge in [0.15, 0.2) is 0 Å². The maximum Gasteiger partial charge on any atom is 0 e. The minimum atomic E-state index is 0. The Morgan fingerprint density at radius 3 is 0.269 bits per heavy atom. The monoisotopic (exact) mass is 1870 g/mol. The van der Waals surface area contributed by atoms with Crippen molar-refractivity contribution in [1.82, 2.24) is 5.32 Å². The normalized spacial score (nSPS) is 0.692. The predicted molar refractivity (Wildman–Crippen MR) is 30.3 cm³/mol. The number of hydrogen-bond donors (Lipinski definition) is 1. The van der Waals surface area contributed by atoms with E-state index in [1.165, 1.54) is 0 Å². The molecule has 0 unspecified atom stereocenters. The third kappa shape index (κ3) is 193. The van der Waals surface area contributed by atoms with E-state index >= 15 is 0 Å². The SMILES string of the molecule is CNC.F.[CH3-].[CH3-].[Y].[Y].[Y].[Y].[Y].[Y].[Y].[Y].[Y].[Y].[Y].[Y].[Y].[Y].[Y].[Y].[Y].[Y].[Y].[Y]. The maximum absolute atomic E-state index is 2.75. The van der Waals surface area contributed by atoms with Crippen LogP contribution in [0.2, 0.25) is 0 Å². The van der Waals surface area contributed by atoms with Crippen LogP contribution in [0.1, 0.15) is 0 Å². The van der Waals surface area contributed by atoms with Crippen molar-refractivity contribution in [3.63, 3.8) is 0 Å². The Balaban J connectivity index is -0.0000000000791. The average Bonchev–Trinajstić information content (AvgIpc) is 0.918. The van der Waals surface area contributed by atoms with E-state index in [4.69, 9.17) is 0 Å². The molecular formula is C4H14FNY20-2. The van der Waals surface area contributed by atoms with Crippen molar-refractivity contribution < 1.29 is 659 Å². The van der Waals surface area contributed by atoms with Gasteiger partial charge in [0.25, 0.3) is 0 Å². The minimum Gasteiger partial charge on any atom is -0.358 e. The quantitative estimate of drug-likeness (QED) is 0.356. The molecule has 0 aliphatic rings. The molecule has 26 heavy (non-hydrogen) atoms. The van der Waals surface area contributed by atoms with E-state index in [-0.39, 0.29) is 674 Å². The van der Waals surface area contributed by atoms with Crippen LogP contribution in [0.3, 0.4) is 0 Å². The summed E-state index contributed by atoms with van der Waals surface area (Å²) in [6.45, 7) is 0. The van der Waals surface area contributed by atoms with Crippen molar-refractivity contribution in [3.8, 4) is 0 Å². The predicted octanol–water partition coefficient (Wildman–Crippen LogP) is 0.839. The minimum absolute atomic E-state index is 0. The molecule has 0 saturated carbocycles. The Morgan fingerprint density at radius 2 is 0.269 bits per heavy atom. The second-order valence-corrected chi connectivity index (χ2v) is 0.500. The summed E-state index contributed by atoms with van der Waals surface area (Å²) in [6, 6.07) is 0. The first kappa shape index (κ1) is 184. The molecule has 1 nitrogen and oxygen atoms in total. The van der Waals surface area contributed by atoms with Gasteiger partial charge in [0.1, 0.15) is 0 Å². The Kier molecular flexibility index (Phi) is 1330. The van der Waals surface area contributed by atoms with Gasteiger partial charge in [0, 0.05) is 654 Å². The largest absolute Gasteiger partial charge is 0.358 e. The summed E-state index contributed by atoms with van der Waals surface area (Å²) in [6.07, 6.45) is 0. The fourth-order valence-corrected chi connectivity index (χ4v) is 0. The van der Waals surface area contributed by atoms with Gasteiger partial charge in [-0.2, -0.15) is 0 Å². The molecule has 0 bridgehead atoms. The smallest absolute Gasteiger partial charge is 0 e. The molecule has 0 fully saturated rings. The van der Waals surface area contributed by atoms with Crippen molar-refractivity contribution in [2.24, 2.45) is 0 Å². The van der Waals surface area contributed by atoms with E-state index < -0.39 is 0 Å². The Labute approximate surface area is 668 Å². The summed E-state index contributed by atoms with van der Waals surface area (Å²) < 4.78 is 0. The number of nitrogens with one attached hydrogen (secondary N) is 1. The zero-order valence-corrected chi connectivity index (χ0v) is 73.2. The van der Waals surface area contributed by atoms with Crippen LogP contribution in [0.15, 0.2) is 0 Å². The summed E-state index contributed by atoms with van der Waals surface area (Å²) in [5.41, 5.74) is 0. The third-order valence-corrected chi connectivity index (χ3v) is 0. The molecule has 22 heteroatoms. The van der Waals surface area contributed by atoms with Gasteiger partial charge in [0.05, 0.1) is 0 Å². The van der Waals surface area contributed by atoms with Crippen LogP contribution in [0.4, 0.5) is 4.70 Å². The van der Waals surface area contributed by atoms with Crippen molar-refractivity contribution in [1.29, 1.82) is 0 Å². The standard InChI is InChI=1S/C2H7N.2CH3.FH.20Y/c1-3-2;;;;;;;;;;;;;;;;;;;;;;;/h3H,1-2H3;2*1H3;1H;;;;;;;;;;;;;;;;;;;;/q;2*-1;;;;;;;;;;;;;;;;;;;;;. The summed E-state index contributed by atoms with van der Waals surface area (Å²) in [5.74, 6) is 0. The van der Waals surface area contributed by atoms with E-state index in [2.05, 4.69) is 5.32 Å². The van der Waals surface area contributed by atoms with Gasteiger partial charge in [-0.15, -0.1) is 0 Å². The molecule has 104 valence electrons. The summed E-state index contributed by atoms with van der Waals surface area (Å²) in [5, 5.41) is 2.75. The van der Waals surface area contributed by atoms with E-state index in [1.54, 1.807) is 0 Å². The number of rotatable bonds is 0. The second-order valence-electron chi connectivity index (χ2n) is 0.500. The van der Waals surface area contributed by atoms with Gasteiger partial charge in [-0.05, 0) is 14.1 Å². The van der Waals surface area contributed by atoms with Crippen LogP contribution in [0.25, 0.3) is 0 Å². The van der Waals surface area contributed by atoms with Gasteiger partial charge < -0.3 is 20.2 Å². The van der Waals surface area contributed by atoms with Crippen molar-refractivity contribution in [3.05, 3.63) is 14.9 Å². The maximum atomic E-state index is 2.75. The van der Waals surface area contributed by atoms with Gasteiger partial charge in [0.2, 0.25) is 0 Å². The molecule has 0 atom stereocenters. The molecule has 0 rings (SSSR count). The first-order chi connectivity index (χ1) is 1.41.